The summed E-state index contributed by atoms with van der Waals surface area (Å²) in [6.45, 7) is 2.48. The standard InChI is InChI=1S/C18H20N6O/c1-2-6-14(7-3-1)18-23-22-17(25-18)12-19-15-8-5-11-24(13-15)16-9-4-10-20-21-16/h1-4,6-7,9-10,15,19H,5,8,11-13H2/t15-/m0/s1. The van der Waals surface area contributed by atoms with Crippen LogP contribution in [0.15, 0.2) is 53.1 Å². The molecule has 1 aliphatic rings. The molecule has 1 aliphatic heterocycles. The zero-order valence-corrected chi connectivity index (χ0v) is 13.9. The van der Waals surface area contributed by atoms with Gasteiger partial charge in [0.1, 0.15) is 0 Å². The molecule has 0 bridgehead atoms. The van der Waals surface area contributed by atoms with Gasteiger partial charge < -0.3 is 14.6 Å². The number of hydrogen-bond acceptors (Lipinski definition) is 7. The van der Waals surface area contributed by atoms with Crippen molar-refractivity contribution in [3.05, 3.63) is 54.6 Å². The van der Waals surface area contributed by atoms with E-state index in [0.717, 1.165) is 37.3 Å². The minimum Gasteiger partial charge on any atom is -0.419 e. The second kappa shape index (κ2) is 7.40. The van der Waals surface area contributed by atoms with Crippen LogP contribution in [-0.2, 0) is 6.54 Å². The highest BCUT2D eigenvalue weighted by Crippen LogP contribution is 2.19. The van der Waals surface area contributed by atoms with E-state index in [2.05, 4.69) is 30.6 Å². The van der Waals surface area contributed by atoms with Gasteiger partial charge in [0.25, 0.3) is 0 Å². The lowest BCUT2D eigenvalue weighted by molar-refractivity contribution is 0.390. The van der Waals surface area contributed by atoms with Gasteiger partial charge in [0.05, 0.1) is 6.54 Å². The van der Waals surface area contributed by atoms with Crippen LogP contribution in [0.2, 0.25) is 0 Å². The highest BCUT2D eigenvalue weighted by molar-refractivity contribution is 5.51. The van der Waals surface area contributed by atoms with Gasteiger partial charge in [-0.25, -0.2) is 0 Å². The number of aromatic nitrogens is 4. The molecule has 4 rings (SSSR count). The summed E-state index contributed by atoms with van der Waals surface area (Å²) in [5.41, 5.74) is 0.938. The van der Waals surface area contributed by atoms with Crippen LogP contribution in [0.5, 0.6) is 0 Å². The molecule has 0 radical (unpaired) electrons. The van der Waals surface area contributed by atoms with Crippen LogP contribution in [-0.4, -0.2) is 39.5 Å². The Bertz CT molecular complexity index is 792. The molecule has 2 aromatic heterocycles. The summed E-state index contributed by atoms with van der Waals surface area (Å²) in [5, 5.41) is 19.9. The van der Waals surface area contributed by atoms with Crippen LogP contribution in [0, 0.1) is 0 Å². The van der Waals surface area contributed by atoms with E-state index in [1.807, 2.05) is 42.5 Å². The fourth-order valence-electron chi connectivity index (χ4n) is 3.07. The lowest BCUT2D eigenvalue weighted by atomic mass is 10.1. The molecular formula is C18H20N6O. The first-order valence-electron chi connectivity index (χ1n) is 8.52. The monoisotopic (exact) mass is 336 g/mol. The molecule has 1 aromatic carbocycles. The summed E-state index contributed by atoms with van der Waals surface area (Å²) in [6.07, 6.45) is 3.94. The lowest BCUT2D eigenvalue weighted by Crippen LogP contribution is -2.45. The van der Waals surface area contributed by atoms with Gasteiger partial charge in [0.2, 0.25) is 11.8 Å². The van der Waals surface area contributed by atoms with E-state index in [0.29, 0.717) is 24.4 Å². The van der Waals surface area contributed by atoms with E-state index in [-0.39, 0.29) is 0 Å². The van der Waals surface area contributed by atoms with Gasteiger partial charge in [-0.1, -0.05) is 18.2 Å². The van der Waals surface area contributed by atoms with Gasteiger partial charge in [0.15, 0.2) is 5.82 Å². The van der Waals surface area contributed by atoms with E-state index >= 15 is 0 Å². The highest BCUT2D eigenvalue weighted by atomic mass is 16.4. The summed E-state index contributed by atoms with van der Waals surface area (Å²) in [4.78, 5) is 2.26. The Balaban J connectivity index is 1.35. The molecule has 0 aliphatic carbocycles. The molecule has 1 fully saturated rings. The lowest BCUT2D eigenvalue weighted by Gasteiger charge is -2.33. The van der Waals surface area contributed by atoms with Crippen LogP contribution in [0.1, 0.15) is 18.7 Å². The Morgan fingerprint density at radius 3 is 2.84 bits per heavy atom. The van der Waals surface area contributed by atoms with Crippen molar-refractivity contribution in [2.75, 3.05) is 18.0 Å². The zero-order chi connectivity index (χ0) is 16.9. The molecule has 1 saturated heterocycles. The molecular weight excluding hydrogens is 316 g/mol. The van der Waals surface area contributed by atoms with Crippen molar-refractivity contribution >= 4 is 5.82 Å². The predicted octanol–water partition coefficient (Wildman–Crippen LogP) is 2.29. The Labute approximate surface area is 146 Å². The number of anilines is 1. The third-order valence-electron chi connectivity index (χ3n) is 4.33. The number of nitrogens with one attached hydrogen (secondary N) is 1. The Morgan fingerprint density at radius 2 is 2.00 bits per heavy atom. The molecule has 0 spiro atoms. The topological polar surface area (TPSA) is 80.0 Å². The maximum Gasteiger partial charge on any atom is 0.247 e. The number of piperidine rings is 1. The normalized spacial score (nSPS) is 17.6. The summed E-state index contributed by atoms with van der Waals surface area (Å²) in [7, 11) is 0. The third kappa shape index (κ3) is 3.83. The second-order valence-electron chi connectivity index (χ2n) is 6.11. The van der Waals surface area contributed by atoms with Crippen LogP contribution >= 0.6 is 0 Å². The average molecular weight is 336 g/mol. The third-order valence-corrected chi connectivity index (χ3v) is 4.33. The Hall–Kier alpha value is -2.80. The van der Waals surface area contributed by atoms with Crippen LogP contribution < -0.4 is 10.2 Å². The van der Waals surface area contributed by atoms with E-state index in [9.17, 15) is 0 Å². The molecule has 0 unspecified atom stereocenters. The minimum atomic E-state index is 0.364. The van der Waals surface area contributed by atoms with Crippen molar-refractivity contribution in [3.8, 4) is 11.5 Å². The molecule has 1 N–H and O–H groups in total. The summed E-state index contributed by atoms with van der Waals surface area (Å²) >= 11 is 0. The Kier molecular flexibility index (Phi) is 4.65. The summed E-state index contributed by atoms with van der Waals surface area (Å²) < 4.78 is 5.75. The van der Waals surface area contributed by atoms with Crippen molar-refractivity contribution in [1.82, 2.24) is 25.7 Å². The first-order chi connectivity index (χ1) is 12.4. The van der Waals surface area contributed by atoms with Gasteiger partial charge in [-0.15, -0.1) is 15.3 Å². The maximum atomic E-state index is 5.75. The number of benzene rings is 1. The summed E-state index contributed by atoms with van der Waals surface area (Å²) in [5.74, 6) is 2.09. The number of nitrogens with zero attached hydrogens (tertiary/aromatic N) is 5. The van der Waals surface area contributed by atoms with Gasteiger partial charge in [-0.3, -0.25) is 0 Å². The number of hydrogen-bond donors (Lipinski definition) is 1. The highest BCUT2D eigenvalue weighted by Gasteiger charge is 2.21. The quantitative estimate of drug-likeness (QED) is 0.765. The maximum absolute atomic E-state index is 5.75. The van der Waals surface area contributed by atoms with Gasteiger partial charge in [-0.05, 0) is 37.1 Å². The van der Waals surface area contributed by atoms with Crippen molar-refractivity contribution in [2.24, 2.45) is 0 Å². The first-order valence-corrected chi connectivity index (χ1v) is 8.52. The van der Waals surface area contributed by atoms with E-state index in [1.54, 1.807) is 6.20 Å². The number of rotatable bonds is 5. The van der Waals surface area contributed by atoms with Crippen molar-refractivity contribution in [3.63, 3.8) is 0 Å². The van der Waals surface area contributed by atoms with Crippen LogP contribution in [0.25, 0.3) is 11.5 Å². The van der Waals surface area contributed by atoms with Crippen LogP contribution in [0.4, 0.5) is 5.82 Å². The van der Waals surface area contributed by atoms with Crippen molar-refractivity contribution in [1.29, 1.82) is 0 Å². The fourth-order valence-corrected chi connectivity index (χ4v) is 3.07. The van der Waals surface area contributed by atoms with Crippen molar-refractivity contribution in [2.45, 2.75) is 25.4 Å². The smallest absolute Gasteiger partial charge is 0.247 e. The van der Waals surface area contributed by atoms with Crippen LogP contribution in [0.3, 0.4) is 0 Å². The molecule has 1 atom stereocenters. The molecule has 0 amide bonds. The first kappa shape index (κ1) is 15.7. The summed E-state index contributed by atoms with van der Waals surface area (Å²) in [6, 6.07) is 14.1. The molecule has 7 heteroatoms. The van der Waals surface area contributed by atoms with E-state index < -0.39 is 0 Å². The minimum absolute atomic E-state index is 0.364. The molecule has 0 saturated carbocycles. The van der Waals surface area contributed by atoms with Gasteiger partial charge in [0, 0.05) is 30.9 Å². The largest absolute Gasteiger partial charge is 0.419 e. The van der Waals surface area contributed by atoms with E-state index in [4.69, 9.17) is 4.42 Å². The fraction of sp³-hybridized carbons (Fsp3) is 0.333. The second-order valence-corrected chi connectivity index (χ2v) is 6.11. The molecule has 7 nitrogen and oxygen atoms in total. The van der Waals surface area contributed by atoms with Crippen molar-refractivity contribution < 1.29 is 4.42 Å². The average Bonchev–Trinajstić information content (AvgIpc) is 3.17. The zero-order valence-electron chi connectivity index (χ0n) is 13.9. The molecule has 25 heavy (non-hydrogen) atoms. The predicted molar refractivity (Wildman–Crippen MR) is 93.8 cm³/mol. The Morgan fingerprint density at radius 1 is 1.08 bits per heavy atom. The molecule has 128 valence electrons. The molecule has 3 heterocycles. The van der Waals surface area contributed by atoms with E-state index in [1.165, 1.54) is 0 Å². The molecule has 3 aromatic rings. The SMILES string of the molecule is c1ccc(-c2nnc(CN[C@H]3CCCN(c4cccnn4)C3)o2)cc1. The van der Waals surface area contributed by atoms with Gasteiger partial charge in [-0.2, -0.15) is 5.10 Å². The van der Waals surface area contributed by atoms with Gasteiger partial charge >= 0.3 is 0 Å².